The molecular formula is C16H22O. The predicted molar refractivity (Wildman–Crippen MR) is 69.9 cm³/mol. The van der Waals surface area contributed by atoms with Gasteiger partial charge in [0.1, 0.15) is 0 Å². The van der Waals surface area contributed by atoms with Gasteiger partial charge in [-0.2, -0.15) is 0 Å². The molecule has 0 bridgehead atoms. The summed E-state index contributed by atoms with van der Waals surface area (Å²) in [5.74, 6) is 2.41. The Morgan fingerprint density at radius 2 is 1.53 bits per heavy atom. The molecular weight excluding hydrogens is 208 g/mol. The zero-order chi connectivity index (χ0) is 12.2. The fraction of sp³-hybridized carbons (Fsp3) is 0.625. The molecule has 3 atom stereocenters. The molecule has 17 heavy (non-hydrogen) atoms. The molecule has 92 valence electrons. The third kappa shape index (κ3) is 1.91. The Hall–Kier alpha value is -0.820. The molecule has 0 aromatic heterocycles. The molecule has 2 aliphatic rings. The van der Waals surface area contributed by atoms with Crippen molar-refractivity contribution >= 4 is 0 Å². The number of aliphatic hydroxyl groups is 1. The lowest BCUT2D eigenvalue weighted by Crippen LogP contribution is -2.12. The van der Waals surface area contributed by atoms with Crippen molar-refractivity contribution in [1.82, 2.24) is 0 Å². The first-order chi connectivity index (χ1) is 8.06. The minimum absolute atomic E-state index is 0.234. The molecule has 1 N–H and O–H groups in total. The van der Waals surface area contributed by atoms with Gasteiger partial charge in [-0.3, -0.25) is 0 Å². The zero-order valence-corrected chi connectivity index (χ0v) is 11.0. The molecule has 0 heterocycles. The molecule has 3 unspecified atom stereocenters. The van der Waals surface area contributed by atoms with Crippen LogP contribution in [0, 0.1) is 38.5 Å². The van der Waals surface area contributed by atoms with E-state index in [1.165, 1.54) is 41.5 Å². The van der Waals surface area contributed by atoms with Crippen molar-refractivity contribution in [1.29, 1.82) is 0 Å². The Bertz CT molecular complexity index is 439. The lowest BCUT2D eigenvalue weighted by Gasteiger charge is -2.22. The number of rotatable bonds is 2. The van der Waals surface area contributed by atoms with E-state index in [0.29, 0.717) is 5.92 Å². The molecule has 1 heteroatoms. The number of hydrogen-bond acceptors (Lipinski definition) is 1. The average molecular weight is 230 g/mol. The summed E-state index contributed by atoms with van der Waals surface area (Å²) in [7, 11) is 0. The van der Waals surface area contributed by atoms with Crippen LogP contribution in [0.15, 0.2) is 12.1 Å². The van der Waals surface area contributed by atoms with Gasteiger partial charge in [0.25, 0.3) is 0 Å². The average Bonchev–Trinajstić information content (AvgIpc) is 2.90. The highest BCUT2D eigenvalue weighted by atomic mass is 16.3. The number of fused-ring (bicyclic) bond motifs is 1. The standard InChI is InChI=1S/C16H22O/c1-9-4-11(3)15(5-10(9)2)16(17)14-7-12-6-13(12)8-14/h4-5,12-14,16-17H,6-8H2,1-3H3. The van der Waals surface area contributed by atoms with Crippen molar-refractivity contribution < 1.29 is 5.11 Å². The van der Waals surface area contributed by atoms with Crippen molar-refractivity contribution in [3.05, 3.63) is 34.4 Å². The molecule has 2 fully saturated rings. The Morgan fingerprint density at radius 3 is 2.18 bits per heavy atom. The maximum atomic E-state index is 10.6. The highest BCUT2D eigenvalue weighted by Gasteiger charge is 2.47. The number of hydrogen-bond donors (Lipinski definition) is 1. The minimum Gasteiger partial charge on any atom is -0.388 e. The number of aliphatic hydroxyl groups excluding tert-OH is 1. The van der Waals surface area contributed by atoms with Crippen LogP contribution in [0.2, 0.25) is 0 Å². The molecule has 0 aliphatic heterocycles. The second kappa shape index (κ2) is 3.84. The summed E-state index contributed by atoms with van der Waals surface area (Å²) < 4.78 is 0. The number of aryl methyl sites for hydroxylation is 3. The molecule has 0 spiro atoms. The topological polar surface area (TPSA) is 20.2 Å². The van der Waals surface area contributed by atoms with Crippen molar-refractivity contribution in [3.8, 4) is 0 Å². The largest absolute Gasteiger partial charge is 0.388 e. The molecule has 0 saturated heterocycles. The predicted octanol–water partition coefficient (Wildman–Crippen LogP) is 3.69. The molecule has 1 aromatic rings. The van der Waals surface area contributed by atoms with E-state index in [1.807, 2.05) is 0 Å². The first-order valence-electron chi connectivity index (χ1n) is 6.82. The second-order valence-electron chi connectivity index (χ2n) is 6.23. The normalized spacial score (nSPS) is 32.4. The van der Waals surface area contributed by atoms with Crippen LogP contribution >= 0.6 is 0 Å². The lowest BCUT2D eigenvalue weighted by atomic mass is 9.87. The van der Waals surface area contributed by atoms with Crippen LogP contribution in [-0.4, -0.2) is 5.11 Å². The summed E-state index contributed by atoms with van der Waals surface area (Å²) in [4.78, 5) is 0. The van der Waals surface area contributed by atoms with E-state index in [2.05, 4.69) is 32.9 Å². The van der Waals surface area contributed by atoms with Crippen molar-refractivity contribution in [2.75, 3.05) is 0 Å². The fourth-order valence-electron chi connectivity index (χ4n) is 3.57. The molecule has 1 nitrogen and oxygen atoms in total. The van der Waals surface area contributed by atoms with Gasteiger partial charge in [0.15, 0.2) is 0 Å². The Balaban J connectivity index is 1.85. The highest BCUT2D eigenvalue weighted by molar-refractivity contribution is 5.38. The SMILES string of the molecule is Cc1cc(C)c(C(O)C2CC3CC3C2)cc1C. The van der Waals surface area contributed by atoms with Crippen LogP contribution in [-0.2, 0) is 0 Å². The second-order valence-corrected chi connectivity index (χ2v) is 6.23. The van der Waals surface area contributed by atoms with E-state index < -0.39 is 0 Å². The monoisotopic (exact) mass is 230 g/mol. The Kier molecular flexibility index (Phi) is 2.55. The summed E-state index contributed by atoms with van der Waals surface area (Å²) >= 11 is 0. The van der Waals surface area contributed by atoms with Crippen molar-refractivity contribution in [2.45, 2.75) is 46.1 Å². The van der Waals surface area contributed by atoms with E-state index >= 15 is 0 Å². The molecule has 2 saturated carbocycles. The van der Waals surface area contributed by atoms with E-state index in [0.717, 1.165) is 11.8 Å². The van der Waals surface area contributed by atoms with Gasteiger partial charge in [0.2, 0.25) is 0 Å². The van der Waals surface area contributed by atoms with Gasteiger partial charge < -0.3 is 5.11 Å². The van der Waals surface area contributed by atoms with Crippen LogP contribution in [0.5, 0.6) is 0 Å². The van der Waals surface area contributed by atoms with E-state index in [-0.39, 0.29) is 6.10 Å². The van der Waals surface area contributed by atoms with Crippen LogP contribution < -0.4 is 0 Å². The third-order valence-corrected chi connectivity index (χ3v) is 4.93. The third-order valence-electron chi connectivity index (χ3n) is 4.93. The van der Waals surface area contributed by atoms with Gasteiger partial charge in [-0.05, 0) is 80.0 Å². The minimum atomic E-state index is -0.234. The van der Waals surface area contributed by atoms with Crippen molar-refractivity contribution in [3.63, 3.8) is 0 Å². The lowest BCUT2D eigenvalue weighted by molar-refractivity contribution is 0.104. The zero-order valence-electron chi connectivity index (χ0n) is 11.0. The maximum Gasteiger partial charge on any atom is 0.0821 e. The summed E-state index contributed by atoms with van der Waals surface area (Å²) in [6, 6.07) is 4.41. The summed E-state index contributed by atoms with van der Waals surface area (Å²) in [5.41, 5.74) is 5.04. The maximum absolute atomic E-state index is 10.6. The van der Waals surface area contributed by atoms with Gasteiger partial charge in [-0.15, -0.1) is 0 Å². The van der Waals surface area contributed by atoms with Gasteiger partial charge in [-0.25, -0.2) is 0 Å². The van der Waals surface area contributed by atoms with Crippen LogP contribution in [0.25, 0.3) is 0 Å². The number of benzene rings is 1. The Morgan fingerprint density at radius 1 is 0.941 bits per heavy atom. The summed E-state index contributed by atoms with van der Waals surface area (Å²) in [6.07, 6.45) is 3.69. The molecule has 1 aromatic carbocycles. The Labute approximate surface area is 104 Å². The van der Waals surface area contributed by atoms with Gasteiger partial charge >= 0.3 is 0 Å². The van der Waals surface area contributed by atoms with Crippen LogP contribution in [0.1, 0.15) is 47.6 Å². The summed E-state index contributed by atoms with van der Waals surface area (Å²) in [5, 5.41) is 10.6. The molecule has 0 amide bonds. The first-order valence-corrected chi connectivity index (χ1v) is 6.82. The van der Waals surface area contributed by atoms with Crippen molar-refractivity contribution in [2.24, 2.45) is 17.8 Å². The molecule has 0 radical (unpaired) electrons. The van der Waals surface area contributed by atoms with E-state index in [1.54, 1.807) is 0 Å². The summed E-state index contributed by atoms with van der Waals surface area (Å²) in [6.45, 7) is 6.40. The molecule has 2 aliphatic carbocycles. The first kappa shape index (κ1) is 11.3. The van der Waals surface area contributed by atoms with E-state index in [9.17, 15) is 5.11 Å². The van der Waals surface area contributed by atoms with Gasteiger partial charge in [0, 0.05) is 0 Å². The molecule has 3 rings (SSSR count). The highest BCUT2D eigenvalue weighted by Crippen LogP contribution is 2.57. The quantitative estimate of drug-likeness (QED) is 0.821. The van der Waals surface area contributed by atoms with Gasteiger partial charge in [0.05, 0.1) is 6.10 Å². The smallest absolute Gasteiger partial charge is 0.0821 e. The van der Waals surface area contributed by atoms with E-state index in [4.69, 9.17) is 0 Å². The fourth-order valence-corrected chi connectivity index (χ4v) is 3.57. The van der Waals surface area contributed by atoms with Crippen LogP contribution in [0.3, 0.4) is 0 Å². The van der Waals surface area contributed by atoms with Crippen LogP contribution in [0.4, 0.5) is 0 Å². The van der Waals surface area contributed by atoms with Gasteiger partial charge in [-0.1, -0.05) is 12.1 Å².